The molecule has 0 N–H and O–H groups in total. The summed E-state index contributed by atoms with van der Waals surface area (Å²) < 4.78 is 70.1. The summed E-state index contributed by atoms with van der Waals surface area (Å²) in [6.07, 6.45) is 0. The summed E-state index contributed by atoms with van der Waals surface area (Å²) in [5.74, 6) is 8.51. The molecule has 0 atom stereocenters. The van der Waals surface area contributed by atoms with Crippen molar-refractivity contribution in [2.24, 2.45) is 0 Å². The summed E-state index contributed by atoms with van der Waals surface area (Å²) in [5, 5.41) is 0. The van der Waals surface area contributed by atoms with Gasteiger partial charge in [-0.1, -0.05) is 218 Å². The number of benzene rings is 12. The van der Waals surface area contributed by atoms with Crippen molar-refractivity contribution in [3.8, 4) is 69.0 Å². The van der Waals surface area contributed by atoms with Gasteiger partial charge in [0.05, 0.1) is 0 Å². The molecule has 0 spiro atoms. The third-order valence-corrected chi connectivity index (χ3v) is 15.4. The van der Waals surface area contributed by atoms with Crippen molar-refractivity contribution in [3.05, 3.63) is 364 Å². The van der Waals surface area contributed by atoms with Gasteiger partial charge in [0.1, 0.15) is 69.0 Å². The predicted molar refractivity (Wildman–Crippen MR) is 353 cm³/mol. The summed E-state index contributed by atoms with van der Waals surface area (Å²) in [7, 11) is -6.36. The second kappa shape index (κ2) is 38.7. The Bertz CT molecular complexity index is 2810. The van der Waals surface area contributed by atoms with Gasteiger partial charge in [0.15, 0.2) is 0 Å². The van der Waals surface area contributed by atoms with Crippen LogP contribution in [-0.4, -0.2) is 0 Å². The topological polar surface area (TPSA) is 111 Å². The summed E-state index contributed by atoms with van der Waals surface area (Å²) in [4.78, 5) is 0. The molecule has 17 heteroatoms. The van der Waals surface area contributed by atoms with Crippen LogP contribution < -0.4 is 54.3 Å². The number of para-hydroxylation sites is 12. The first-order valence-electron chi connectivity index (χ1n) is 27.6. The molecular weight excluding hydrogens is 1290 g/mol. The van der Waals surface area contributed by atoms with E-state index in [9.17, 15) is 0 Å². The molecule has 12 aromatic carbocycles. The van der Waals surface area contributed by atoms with Crippen LogP contribution in [0.2, 0.25) is 0 Å². The van der Waals surface area contributed by atoms with Crippen LogP contribution in [0, 0.1) is 0 Å². The molecule has 0 aliphatic rings. The monoisotopic (exact) mass is 1350 g/mol. The van der Waals surface area contributed by atoms with Crippen molar-refractivity contribution < 1.29 is 74.7 Å². The Kier molecular flexibility index (Phi) is 28.5. The fraction of sp³-hybridized carbons (Fsp3) is 0. The van der Waals surface area contributed by atoms with Gasteiger partial charge in [-0.05, 0) is 146 Å². The minimum absolute atomic E-state index is 0. The Morgan fingerprint density at radius 3 is 0.247 bits per heavy atom. The first kappa shape index (κ1) is 65.6. The van der Waals surface area contributed by atoms with E-state index < -0.39 is 34.4 Å². The zero-order chi connectivity index (χ0) is 60.1. The van der Waals surface area contributed by atoms with Crippen molar-refractivity contribution in [1.82, 2.24) is 0 Å². The Balaban J connectivity index is 0.000000153. The van der Waals surface area contributed by atoms with E-state index in [1.807, 2.05) is 364 Å². The fourth-order valence-electron chi connectivity index (χ4n) is 7.03. The SMILES string of the molecule is [Pd+2].c1ccc(OP(Oc2ccccc2)Oc2ccccc2)cc1.c1ccc(OP(Oc2ccccc2)Oc2ccccc2)cc1.c1ccc(OP(Oc2ccccc2)Oc2ccccc2)cc1.c1ccc(OP(Oc2ccccc2)Oc2ccccc2)cc1. The van der Waals surface area contributed by atoms with Gasteiger partial charge in [-0.25, -0.2) is 0 Å². The molecule has 12 aromatic rings. The van der Waals surface area contributed by atoms with Crippen LogP contribution in [0.1, 0.15) is 0 Å². The summed E-state index contributed by atoms with van der Waals surface area (Å²) in [6.45, 7) is 0. The van der Waals surface area contributed by atoms with Crippen molar-refractivity contribution in [2.75, 3.05) is 0 Å². The van der Waals surface area contributed by atoms with E-state index in [0.717, 1.165) is 0 Å². The van der Waals surface area contributed by atoms with E-state index in [0.29, 0.717) is 69.0 Å². The molecule has 89 heavy (non-hydrogen) atoms. The molecule has 12 nitrogen and oxygen atoms in total. The quantitative estimate of drug-likeness (QED) is 0.0424. The molecule has 0 radical (unpaired) electrons. The Labute approximate surface area is 538 Å². The smallest absolute Gasteiger partial charge is 0.409 e. The van der Waals surface area contributed by atoms with Gasteiger partial charge in [0, 0.05) is 0 Å². The Morgan fingerprint density at radius 1 is 0.112 bits per heavy atom. The molecular formula is C72H60O12P4Pd+2. The molecule has 12 rings (SSSR count). The van der Waals surface area contributed by atoms with Gasteiger partial charge in [0.25, 0.3) is 0 Å². The second-order valence-electron chi connectivity index (χ2n) is 17.7. The van der Waals surface area contributed by atoms with Crippen molar-refractivity contribution in [1.29, 1.82) is 0 Å². The van der Waals surface area contributed by atoms with E-state index in [1.54, 1.807) is 0 Å². The standard InChI is InChI=1S/4C18H15O3P.Pd/c4*1-4-10-16(11-5-1)19-22(20-17-12-6-2-7-13-17)21-18-14-8-3-9-15-18;/h4*1-15H;/q;;;;+2. The maximum absolute atomic E-state index is 5.84. The average Bonchev–Trinajstić information content (AvgIpc) is 3.73. The minimum Gasteiger partial charge on any atom is -0.409 e. The van der Waals surface area contributed by atoms with E-state index in [2.05, 4.69) is 0 Å². The zero-order valence-corrected chi connectivity index (χ0v) is 52.8. The van der Waals surface area contributed by atoms with Gasteiger partial charge in [-0.15, -0.1) is 0 Å². The third-order valence-electron chi connectivity index (χ3n) is 11.1. The molecule has 0 aliphatic heterocycles. The van der Waals surface area contributed by atoms with Gasteiger partial charge in [-0.2, -0.15) is 0 Å². The normalized spacial score (nSPS) is 10.1. The number of hydrogen-bond donors (Lipinski definition) is 0. The van der Waals surface area contributed by atoms with E-state index in [-0.39, 0.29) is 20.4 Å². The molecule has 0 heterocycles. The largest absolute Gasteiger partial charge is 2.00 e. The second-order valence-corrected chi connectivity index (χ2v) is 21.7. The Morgan fingerprint density at radius 2 is 0.180 bits per heavy atom. The van der Waals surface area contributed by atoms with Crippen LogP contribution in [0.3, 0.4) is 0 Å². The summed E-state index contributed by atoms with van der Waals surface area (Å²) >= 11 is 0. The molecule has 0 saturated heterocycles. The van der Waals surface area contributed by atoms with Crippen LogP contribution in [-0.2, 0) is 20.4 Å². The van der Waals surface area contributed by atoms with Crippen LogP contribution >= 0.6 is 34.4 Å². The molecule has 0 amide bonds. The molecule has 0 bridgehead atoms. The summed E-state index contributed by atoms with van der Waals surface area (Å²) in [6, 6.07) is 114. The molecule has 0 aliphatic carbocycles. The summed E-state index contributed by atoms with van der Waals surface area (Å²) in [5.41, 5.74) is 0. The van der Waals surface area contributed by atoms with Gasteiger partial charge in [-0.3, -0.25) is 0 Å². The average molecular weight is 1350 g/mol. The minimum atomic E-state index is -1.59. The maximum atomic E-state index is 5.84. The Hall–Kier alpha value is -9.38. The van der Waals surface area contributed by atoms with Crippen LogP contribution in [0.5, 0.6) is 69.0 Å². The molecule has 0 fully saturated rings. The molecule has 0 saturated carbocycles. The van der Waals surface area contributed by atoms with E-state index >= 15 is 0 Å². The number of hydrogen-bond acceptors (Lipinski definition) is 12. The predicted octanol–water partition coefficient (Wildman–Crippen LogP) is 21.8. The van der Waals surface area contributed by atoms with Crippen LogP contribution in [0.4, 0.5) is 0 Å². The first-order valence-corrected chi connectivity index (χ1v) is 32.0. The van der Waals surface area contributed by atoms with Gasteiger partial charge in [0.2, 0.25) is 0 Å². The third kappa shape index (κ3) is 25.5. The van der Waals surface area contributed by atoms with Crippen LogP contribution in [0.25, 0.3) is 0 Å². The molecule has 0 aromatic heterocycles. The van der Waals surface area contributed by atoms with Crippen LogP contribution in [0.15, 0.2) is 364 Å². The van der Waals surface area contributed by atoms with Crippen molar-refractivity contribution >= 4 is 34.4 Å². The van der Waals surface area contributed by atoms with Crippen molar-refractivity contribution in [2.45, 2.75) is 0 Å². The van der Waals surface area contributed by atoms with E-state index in [4.69, 9.17) is 54.3 Å². The first-order chi connectivity index (χ1) is 43.6. The number of rotatable bonds is 24. The maximum Gasteiger partial charge on any atom is 2.00 e. The van der Waals surface area contributed by atoms with E-state index in [1.165, 1.54) is 0 Å². The van der Waals surface area contributed by atoms with Crippen molar-refractivity contribution in [3.63, 3.8) is 0 Å². The molecule has 448 valence electrons. The zero-order valence-electron chi connectivity index (χ0n) is 47.6. The van der Waals surface area contributed by atoms with Gasteiger partial charge < -0.3 is 54.3 Å². The molecule has 0 unspecified atom stereocenters. The van der Waals surface area contributed by atoms with Gasteiger partial charge >= 0.3 is 54.8 Å². The fourth-order valence-corrected chi connectivity index (χ4v) is 11.0.